The van der Waals surface area contributed by atoms with Crippen molar-refractivity contribution in [2.24, 2.45) is 5.14 Å². The van der Waals surface area contributed by atoms with Crippen LogP contribution in [-0.4, -0.2) is 36.6 Å². The molecule has 0 aliphatic rings. The van der Waals surface area contributed by atoms with E-state index in [0.29, 0.717) is 5.69 Å². The maximum absolute atomic E-state index is 11.6. The summed E-state index contributed by atoms with van der Waals surface area (Å²) in [6.07, 6.45) is 0.238. The Morgan fingerprint density at radius 3 is 2.72 bits per heavy atom. The molecule has 0 atom stereocenters. The number of nitrogens with one attached hydrogen (secondary N) is 1. The summed E-state index contributed by atoms with van der Waals surface area (Å²) in [5, 5.41) is 7.33. The molecule has 18 heavy (non-hydrogen) atoms. The summed E-state index contributed by atoms with van der Waals surface area (Å²) in [5.74, 6) is -0.617. The van der Waals surface area contributed by atoms with Gasteiger partial charge in [0.2, 0.25) is 15.3 Å². The van der Waals surface area contributed by atoms with Crippen molar-refractivity contribution < 1.29 is 13.2 Å². The van der Waals surface area contributed by atoms with Crippen molar-refractivity contribution in [1.29, 1.82) is 0 Å². The first-order valence-electron chi connectivity index (χ1n) is 5.08. The van der Waals surface area contributed by atoms with Crippen molar-refractivity contribution in [1.82, 2.24) is 15.3 Å². The lowest BCUT2D eigenvalue weighted by Crippen LogP contribution is -2.28. The molecule has 0 aliphatic carbocycles. The molecule has 1 aromatic heterocycles. The van der Waals surface area contributed by atoms with Crippen molar-refractivity contribution >= 4 is 27.5 Å². The van der Waals surface area contributed by atoms with Gasteiger partial charge in [0.25, 0.3) is 5.91 Å². The molecule has 3 N–H and O–H groups in total. The monoisotopic (exact) mass is 292 g/mol. The van der Waals surface area contributed by atoms with Gasteiger partial charge in [0.1, 0.15) is 5.69 Å². The number of hydrogen-bond donors (Lipinski definition) is 2. The van der Waals surface area contributed by atoms with Crippen LogP contribution in [0, 0.1) is 6.92 Å². The van der Waals surface area contributed by atoms with Crippen LogP contribution in [0.1, 0.15) is 22.6 Å². The smallest absolute Gasteiger partial charge is 0.270 e. The first kappa shape index (κ1) is 14.8. The first-order chi connectivity index (χ1) is 8.28. The Hall–Kier alpha value is -1.25. The van der Waals surface area contributed by atoms with E-state index in [-0.39, 0.29) is 29.7 Å². The number of hydrogen-bond acceptors (Lipinski definition) is 5. The third-order valence-corrected chi connectivity index (χ3v) is 2.98. The highest BCUT2D eigenvalue weighted by molar-refractivity contribution is 7.89. The summed E-state index contributed by atoms with van der Waals surface area (Å²) < 4.78 is 21.3. The van der Waals surface area contributed by atoms with Crippen molar-refractivity contribution in [3.05, 3.63) is 22.7 Å². The van der Waals surface area contributed by atoms with Gasteiger partial charge in [-0.25, -0.2) is 23.5 Å². The standard InChI is InChI=1S/C9H13ClN4O3S/c1-6-5-7(14-9(10)13-6)8(15)12-3-2-4-18(11,16)17/h5H,2-4H2,1H3,(H,12,15)(H2,11,16,17). The van der Waals surface area contributed by atoms with Gasteiger partial charge in [-0.2, -0.15) is 0 Å². The third-order valence-electron chi connectivity index (χ3n) is 1.95. The number of nitrogens with zero attached hydrogens (tertiary/aromatic N) is 2. The van der Waals surface area contributed by atoms with E-state index < -0.39 is 15.9 Å². The van der Waals surface area contributed by atoms with Crippen LogP contribution < -0.4 is 10.5 Å². The summed E-state index contributed by atoms with van der Waals surface area (Å²) in [5.41, 5.74) is 0.716. The molecule has 0 saturated carbocycles. The molecule has 0 unspecified atom stereocenters. The maximum atomic E-state index is 11.6. The molecule has 0 aliphatic heterocycles. The molecule has 1 rings (SSSR count). The highest BCUT2D eigenvalue weighted by atomic mass is 35.5. The topological polar surface area (TPSA) is 115 Å². The minimum Gasteiger partial charge on any atom is -0.351 e. The van der Waals surface area contributed by atoms with E-state index in [1.165, 1.54) is 6.07 Å². The minimum atomic E-state index is -3.50. The van der Waals surface area contributed by atoms with Crippen LogP contribution in [0.3, 0.4) is 0 Å². The molecule has 0 radical (unpaired) electrons. The average Bonchev–Trinajstić information content (AvgIpc) is 2.21. The molecule has 0 fully saturated rings. The zero-order chi connectivity index (χ0) is 13.8. The van der Waals surface area contributed by atoms with Crippen LogP contribution in [0.25, 0.3) is 0 Å². The zero-order valence-corrected chi connectivity index (χ0v) is 11.3. The van der Waals surface area contributed by atoms with Gasteiger partial charge in [-0.05, 0) is 31.0 Å². The highest BCUT2D eigenvalue weighted by Gasteiger charge is 2.09. The predicted octanol–water partition coefficient (Wildman–Crippen LogP) is -0.153. The fraction of sp³-hybridized carbons (Fsp3) is 0.444. The number of nitrogens with two attached hydrogens (primary N) is 1. The average molecular weight is 293 g/mol. The Balaban J connectivity index is 2.51. The Bertz CT molecular complexity index is 526. The summed E-state index contributed by atoms with van der Waals surface area (Å²) in [6.45, 7) is 1.88. The fourth-order valence-electron chi connectivity index (χ4n) is 1.21. The minimum absolute atomic E-state index is 0.00955. The second kappa shape index (κ2) is 6.07. The van der Waals surface area contributed by atoms with Gasteiger partial charge >= 0.3 is 0 Å². The maximum Gasteiger partial charge on any atom is 0.270 e. The van der Waals surface area contributed by atoms with E-state index >= 15 is 0 Å². The first-order valence-corrected chi connectivity index (χ1v) is 7.17. The normalized spacial score (nSPS) is 11.3. The fourth-order valence-corrected chi connectivity index (χ4v) is 1.99. The quantitative estimate of drug-likeness (QED) is 0.578. The van der Waals surface area contributed by atoms with E-state index in [2.05, 4.69) is 15.3 Å². The lowest BCUT2D eigenvalue weighted by atomic mass is 10.3. The molecule has 0 spiro atoms. The number of primary sulfonamides is 1. The Morgan fingerprint density at radius 1 is 1.50 bits per heavy atom. The third kappa shape index (κ3) is 5.39. The molecule has 1 aromatic rings. The molecule has 0 saturated heterocycles. The predicted molar refractivity (Wildman–Crippen MR) is 66.7 cm³/mol. The van der Waals surface area contributed by atoms with Gasteiger partial charge in [0.05, 0.1) is 5.75 Å². The van der Waals surface area contributed by atoms with Crippen molar-refractivity contribution in [3.63, 3.8) is 0 Å². The highest BCUT2D eigenvalue weighted by Crippen LogP contribution is 2.05. The summed E-state index contributed by atoms with van der Waals surface area (Å²) in [7, 11) is -3.50. The number of sulfonamides is 1. The zero-order valence-electron chi connectivity index (χ0n) is 9.68. The van der Waals surface area contributed by atoms with Crippen LogP contribution >= 0.6 is 11.6 Å². The number of carbonyl (C=O) groups excluding carboxylic acids is 1. The number of amides is 1. The second-order valence-electron chi connectivity index (χ2n) is 3.64. The van der Waals surface area contributed by atoms with Crippen LogP contribution in [0.15, 0.2) is 6.07 Å². The summed E-state index contributed by atoms with van der Waals surface area (Å²) in [6, 6.07) is 1.49. The molecule has 1 heterocycles. The van der Waals surface area contributed by atoms with Gasteiger partial charge in [-0.15, -0.1) is 0 Å². The summed E-state index contributed by atoms with van der Waals surface area (Å²) in [4.78, 5) is 19.2. The number of carbonyl (C=O) groups is 1. The summed E-state index contributed by atoms with van der Waals surface area (Å²) >= 11 is 5.62. The molecule has 7 nitrogen and oxygen atoms in total. The number of rotatable bonds is 5. The van der Waals surface area contributed by atoms with E-state index in [1.807, 2.05) is 0 Å². The van der Waals surface area contributed by atoms with Crippen LogP contribution in [0.4, 0.5) is 0 Å². The molecule has 0 bridgehead atoms. The molecule has 100 valence electrons. The lowest BCUT2D eigenvalue weighted by Gasteiger charge is -2.04. The molecular weight excluding hydrogens is 280 g/mol. The number of aromatic nitrogens is 2. The van der Waals surface area contributed by atoms with Crippen molar-refractivity contribution in [2.45, 2.75) is 13.3 Å². The van der Waals surface area contributed by atoms with Gasteiger partial charge in [-0.3, -0.25) is 4.79 Å². The van der Waals surface area contributed by atoms with Crippen molar-refractivity contribution in [3.8, 4) is 0 Å². The SMILES string of the molecule is Cc1cc(C(=O)NCCCS(N)(=O)=O)nc(Cl)n1. The molecular formula is C9H13ClN4O3S. The van der Waals surface area contributed by atoms with E-state index in [1.54, 1.807) is 6.92 Å². The Kier molecular flexibility index (Phi) is 5.00. The van der Waals surface area contributed by atoms with E-state index in [0.717, 1.165) is 0 Å². The van der Waals surface area contributed by atoms with Crippen LogP contribution in [0.2, 0.25) is 5.28 Å². The van der Waals surface area contributed by atoms with Crippen LogP contribution in [0.5, 0.6) is 0 Å². The second-order valence-corrected chi connectivity index (χ2v) is 5.71. The number of aryl methyl sites for hydroxylation is 1. The van der Waals surface area contributed by atoms with Gasteiger partial charge in [-0.1, -0.05) is 0 Å². The van der Waals surface area contributed by atoms with E-state index in [9.17, 15) is 13.2 Å². The largest absolute Gasteiger partial charge is 0.351 e. The lowest BCUT2D eigenvalue weighted by molar-refractivity contribution is 0.0948. The van der Waals surface area contributed by atoms with Crippen molar-refractivity contribution in [2.75, 3.05) is 12.3 Å². The van der Waals surface area contributed by atoms with Gasteiger partial charge in [0, 0.05) is 12.2 Å². The number of halogens is 1. The van der Waals surface area contributed by atoms with Crippen LogP contribution in [-0.2, 0) is 10.0 Å². The Labute approximate surface area is 110 Å². The van der Waals surface area contributed by atoms with Gasteiger partial charge < -0.3 is 5.32 Å². The molecule has 1 amide bonds. The van der Waals surface area contributed by atoms with Gasteiger partial charge in [0.15, 0.2) is 0 Å². The van der Waals surface area contributed by atoms with E-state index in [4.69, 9.17) is 16.7 Å². The molecule has 9 heteroatoms. The Morgan fingerprint density at radius 2 is 2.17 bits per heavy atom. The molecule has 0 aromatic carbocycles.